The zero-order chi connectivity index (χ0) is 71.2. The van der Waals surface area contributed by atoms with Gasteiger partial charge >= 0.3 is 12.1 Å². The second-order valence-corrected chi connectivity index (χ2v) is 29.6. The van der Waals surface area contributed by atoms with Gasteiger partial charge in [0, 0.05) is 113 Å². The number of hydrogen-bond acceptors (Lipinski definition) is 20. The minimum atomic E-state index is -2.46. The number of amides is 4. The first-order chi connectivity index (χ1) is 47.2. The van der Waals surface area contributed by atoms with Crippen LogP contribution in [0.1, 0.15) is 119 Å². The van der Waals surface area contributed by atoms with Gasteiger partial charge in [-0.05, 0) is 121 Å². The summed E-state index contributed by atoms with van der Waals surface area (Å²) in [7, 11) is 3.04. The number of aromatic nitrogens is 2. The van der Waals surface area contributed by atoms with Crippen LogP contribution >= 0.6 is 11.5 Å². The standard InChI is InChI=1S/C71H91N9O17S2/c1-46(52(35-72)51-19-20-61(75-54(51)37-82)79-25-21-47-12-10-14-56(53(47)36-79)80-57-13-8-9-15-60(57)98-80)74-45-70(5)42-69(4)40-68(2,3)41-71(43-69,44-70)95-29-26-78(7)67(89)94-38-48-17-18-50(96-64-33-49(83)32-59(97-64)66(87)88)34-58(48)93-31-30-92-28-23-73-65(86)55(39-99(90)91)76-62(84)22-24-77(6)63(85)16-11-27-81/h8-20,27,34-35,37,49,55,59,64,72,74,83H,21-26,28-33,36,38-45H2,1-7H3,(H,73,86)(H,76,84)(H,87,88)(H,90,91)/b16-11-,52-46+,72-35?. The molecule has 3 fully saturated rings. The predicted octanol–water partition coefficient (Wildman–Crippen LogP) is 7.62. The number of aliphatic carboxylic acids is 1. The molecule has 2 aromatic heterocycles. The number of ether oxygens (including phenoxy) is 6. The van der Waals surface area contributed by atoms with Gasteiger partial charge in [0.05, 0.1) is 53.2 Å². The molecule has 28 heteroatoms. The Morgan fingerprint density at radius 3 is 2.46 bits per heavy atom. The van der Waals surface area contributed by atoms with Crippen LogP contribution in [0.3, 0.4) is 0 Å². The minimum Gasteiger partial charge on any atom is -0.491 e. The van der Waals surface area contributed by atoms with E-state index < -0.39 is 76.8 Å². The molecular weight excluding hydrogens is 1310 g/mol. The van der Waals surface area contributed by atoms with Crippen molar-refractivity contribution < 1.29 is 81.0 Å². The van der Waals surface area contributed by atoms with Gasteiger partial charge in [-0.3, -0.25) is 27.9 Å². The maximum Gasteiger partial charge on any atom is 0.409 e. The van der Waals surface area contributed by atoms with E-state index in [9.17, 15) is 52.5 Å². The molecule has 1 saturated heterocycles. The Morgan fingerprint density at radius 2 is 1.72 bits per heavy atom. The fourth-order valence-electron chi connectivity index (χ4n) is 14.9. The number of aliphatic hydroxyl groups is 1. The Balaban J connectivity index is 0.788. The first-order valence-electron chi connectivity index (χ1n) is 33.1. The lowest BCUT2D eigenvalue weighted by Gasteiger charge is -2.61. The van der Waals surface area contributed by atoms with Gasteiger partial charge in [-0.2, -0.15) is 0 Å². The number of benzene rings is 3. The molecule has 99 heavy (non-hydrogen) atoms. The van der Waals surface area contributed by atoms with Crippen molar-refractivity contribution in [3.63, 3.8) is 0 Å². The number of aldehydes is 2. The van der Waals surface area contributed by atoms with Crippen molar-refractivity contribution in [2.45, 2.75) is 136 Å². The Hall–Kier alpha value is -8.38. The van der Waals surface area contributed by atoms with E-state index in [-0.39, 0.29) is 105 Å². The zero-order valence-corrected chi connectivity index (χ0v) is 58.7. The Morgan fingerprint density at radius 1 is 0.919 bits per heavy atom. The molecule has 2 bridgehead atoms. The van der Waals surface area contributed by atoms with Gasteiger partial charge < -0.3 is 79.2 Å². The zero-order valence-electron chi connectivity index (χ0n) is 57.1. The first kappa shape index (κ1) is 74.8. The molecule has 26 nitrogen and oxygen atoms in total. The van der Waals surface area contributed by atoms with Crippen molar-refractivity contribution in [3.05, 3.63) is 119 Å². The van der Waals surface area contributed by atoms with E-state index in [1.807, 2.05) is 19.1 Å². The van der Waals surface area contributed by atoms with Gasteiger partial charge in [-0.15, -0.1) is 0 Å². The van der Waals surface area contributed by atoms with E-state index in [1.165, 1.54) is 50.5 Å². The topological polar surface area (TPSA) is 340 Å². The van der Waals surface area contributed by atoms with Gasteiger partial charge in [0.2, 0.25) is 24.0 Å². The molecule has 0 radical (unpaired) electrons. The minimum absolute atomic E-state index is 0.00140. The van der Waals surface area contributed by atoms with Gasteiger partial charge in [0.15, 0.2) is 23.5 Å². The van der Waals surface area contributed by atoms with Crippen molar-refractivity contribution in [1.82, 2.24) is 34.7 Å². The molecule has 0 spiro atoms. The summed E-state index contributed by atoms with van der Waals surface area (Å²) in [6, 6.07) is 22.0. The van der Waals surface area contributed by atoms with E-state index >= 15 is 0 Å². The Labute approximate surface area is 582 Å². The monoisotopic (exact) mass is 1410 g/mol. The molecule has 534 valence electrons. The maximum atomic E-state index is 13.8. The quantitative estimate of drug-likeness (QED) is 0.00698. The summed E-state index contributed by atoms with van der Waals surface area (Å²) < 4.78 is 61.0. The molecule has 2 aliphatic heterocycles. The number of carbonyl (C=O) groups is 7. The van der Waals surface area contributed by atoms with Crippen molar-refractivity contribution in [2.24, 2.45) is 16.2 Å². The lowest BCUT2D eigenvalue weighted by molar-refractivity contribution is -0.195. The molecule has 3 aromatic carbocycles. The summed E-state index contributed by atoms with van der Waals surface area (Å²) in [6.07, 6.45) is 5.31. The van der Waals surface area contributed by atoms with Crippen LogP contribution in [0.5, 0.6) is 11.5 Å². The molecule has 8 unspecified atom stereocenters. The molecule has 4 aliphatic rings. The number of nitrogens with one attached hydrogen (secondary N) is 4. The van der Waals surface area contributed by atoms with Gasteiger partial charge in [-0.25, -0.2) is 18.8 Å². The van der Waals surface area contributed by atoms with Crippen LogP contribution in [0.15, 0.2) is 90.6 Å². The Kier molecular flexibility index (Phi) is 25.1. The SMILES string of the molecule is C/C(NCC1(C)CC2(C)CC(C)(C)CC(OCCN(C)C(=O)OCc3ccc(OC4CC(O)CC(C(=O)O)O4)cc3OCCOCCNC(=O)C(CS(=O)O)NC(=O)CCN(C)C(=O)/C=C\C=O)(C1)C2)=C(/C=N)c1ccc(N2CCc3cccc(-n4sc5ccccc54)c3C2)nc1C=O. The summed E-state index contributed by atoms with van der Waals surface area (Å²) in [4.78, 5) is 96.5. The smallest absolute Gasteiger partial charge is 0.409 e. The molecule has 4 heterocycles. The molecule has 4 amide bonds. The molecule has 8 atom stereocenters. The van der Waals surface area contributed by atoms with Crippen molar-refractivity contribution in [3.8, 4) is 17.2 Å². The molecule has 9 rings (SSSR count). The fourth-order valence-corrected chi connectivity index (χ4v) is 16.4. The first-order valence-corrected chi connectivity index (χ1v) is 35.2. The van der Waals surface area contributed by atoms with E-state index in [2.05, 4.69) is 95.0 Å². The van der Waals surface area contributed by atoms with E-state index in [0.29, 0.717) is 41.9 Å². The van der Waals surface area contributed by atoms with Crippen LogP contribution in [-0.2, 0) is 73.6 Å². The van der Waals surface area contributed by atoms with Crippen LogP contribution in [0, 0.1) is 21.7 Å². The average Bonchev–Trinajstić information content (AvgIpc) is 0.734. The summed E-state index contributed by atoms with van der Waals surface area (Å²) >= 11 is -0.735. The van der Waals surface area contributed by atoms with Crippen LogP contribution in [-0.4, -0.2) is 195 Å². The fraction of sp³-hybridized carbons (Fsp3) is 0.507. The van der Waals surface area contributed by atoms with E-state index in [0.717, 1.165) is 74.9 Å². The van der Waals surface area contributed by atoms with Gasteiger partial charge in [-0.1, -0.05) is 63.5 Å². The number of rotatable bonds is 33. The van der Waals surface area contributed by atoms with Crippen LogP contribution in [0.25, 0.3) is 21.5 Å². The van der Waals surface area contributed by atoms with Gasteiger partial charge in [0.25, 0.3) is 0 Å². The maximum absolute atomic E-state index is 13.8. The number of hydrogen-bond donors (Lipinski definition) is 7. The number of nitrogens with zero attached hydrogens (tertiary/aromatic N) is 5. The van der Waals surface area contributed by atoms with E-state index in [1.54, 1.807) is 30.7 Å². The lowest BCUT2D eigenvalue weighted by Crippen LogP contribution is -2.58. The highest BCUT2D eigenvalue weighted by Gasteiger charge is 2.58. The molecule has 2 saturated carbocycles. The third kappa shape index (κ3) is 19.8. The van der Waals surface area contributed by atoms with Crippen molar-refractivity contribution in [2.75, 3.05) is 83.9 Å². The largest absolute Gasteiger partial charge is 0.491 e. The number of anilines is 1. The van der Waals surface area contributed by atoms with Crippen molar-refractivity contribution in [1.29, 1.82) is 5.41 Å². The summed E-state index contributed by atoms with van der Waals surface area (Å²) in [5.74, 6) is -2.67. The number of para-hydroxylation sites is 1. The number of pyridine rings is 1. The van der Waals surface area contributed by atoms with Crippen LogP contribution < -0.4 is 30.3 Å². The molecule has 2 aliphatic carbocycles. The number of carboxylic acids is 1. The van der Waals surface area contributed by atoms with Crippen LogP contribution in [0.2, 0.25) is 0 Å². The molecular formula is C71H91N9O17S2. The summed E-state index contributed by atoms with van der Waals surface area (Å²) in [5, 5.41) is 37.3. The average molecular weight is 1410 g/mol. The second-order valence-electron chi connectivity index (χ2n) is 27.6. The van der Waals surface area contributed by atoms with Crippen LogP contribution in [0.4, 0.5) is 10.6 Å². The highest BCUT2D eigenvalue weighted by molar-refractivity contribution is 7.79. The number of carboxylic acid groups (broad SMARTS) is 1. The van der Waals surface area contributed by atoms with Crippen molar-refractivity contribution >= 4 is 92.8 Å². The lowest BCUT2D eigenvalue weighted by atomic mass is 9.48. The number of allylic oxidation sites excluding steroid dienone is 3. The number of fused-ring (bicyclic) bond motifs is 4. The highest BCUT2D eigenvalue weighted by Crippen LogP contribution is 2.63. The van der Waals surface area contributed by atoms with Gasteiger partial charge in [0.1, 0.15) is 48.6 Å². The highest BCUT2D eigenvalue weighted by atomic mass is 32.2. The number of likely N-dealkylation sites (N-methyl/N-ethyl adjacent to an activating group) is 2. The predicted molar refractivity (Wildman–Crippen MR) is 372 cm³/mol. The van der Waals surface area contributed by atoms with E-state index in [4.69, 9.17) is 38.8 Å². The Bertz CT molecular complexity index is 3850. The number of carbonyl (C=O) groups excluding carboxylic acids is 6. The third-order valence-corrected chi connectivity index (χ3v) is 20.2. The molecule has 7 N–H and O–H groups in total. The summed E-state index contributed by atoms with van der Waals surface area (Å²) in [6.45, 7) is 13.0. The summed E-state index contributed by atoms with van der Waals surface area (Å²) in [5.41, 5.74) is 6.59. The normalized spacial score (nSPS) is 22.6. The third-order valence-electron chi connectivity index (χ3n) is 18.5. The molecule has 5 aromatic rings. The number of aliphatic hydroxyl groups excluding tert-OH is 1. The second kappa shape index (κ2) is 33.2.